The van der Waals surface area contributed by atoms with Gasteiger partial charge in [0.1, 0.15) is 17.6 Å². The predicted octanol–water partition coefficient (Wildman–Crippen LogP) is 3.99. The molecule has 0 spiro atoms. The zero-order chi connectivity index (χ0) is 37.6. The lowest BCUT2D eigenvalue weighted by Gasteiger charge is -2.24. The molecule has 5 N–H and O–H groups in total. The van der Waals surface area contributed by atoms with Crippen LogP contribution in [0.1, 0.15) is 86.9 Å². The van der Waals surface area contributed by atoms with Crippen LogP contribution in [0.4, 0.5) is 10.6 Å². The summed E-state index contributed by atoms with van der Waals surface area (Å²) in [5.74, 6) is 7.66. The predicted molar refractivity (Wildman–Crippen MR) is 196 cm³/mol. The van der Waals surface area contributed by atoms with E-state index >= 15 is 0 Å². The molecule has 276 valence electrons. The Hall–Kier alpha value is -5.69. The van der Waals surface area contributed by atoms with Crippen molar-refractivity contribution < 1.29 is 28.7 Å². The van der Waals surface area contributed by atoms with Gasteiger partial charge >= 0.3 is 6.09 Å². The molecular formula is C36H45N9O6S. The number of imidazole rings is 2. The van der Waals surface area contributed by atoms with Crippen LogP contribution in [0.3, 0.4) is 0 Å². The lowest BCUT2D eigenvalue weighted by Crippen LogP contribution is -2.41. The van der Waals surface area contributed by atoms with Gasteiger partial charge in [-0.15, -0.1) is 0 Å². The minimum Gasteiger partial charge on any atom is -0.453 e. The molecule has 1 aromatic carbocycles. The number of likely N-dealkylation sites (tertiary alicyclic amines) is 2. The second-order valence-electron chi connectivity index (χ2n) is 12.6. The fourth-order valence-electron chi connectivity index (χ4n) is 5.73. The number of amides is 5. The van der Waals surface area contributed by atoms with E-state index in [0.717, 1.165) is 72.2 Å². The zero-order valence-electron chi connectivity index (χ0n) is 29.8. The van der Waals surface area contributed by atoms with Crippen molar-refractivity contribution in [1.29, 1.82) is 0 Å². The number of thiazole rings is 1. The van der Waals surface area contributed by atoms with Crippen LogP contribution in [0.15, 0.2) is 48.9 Å². The molecule has 5 amide bonds. The lowest BCUT2D eigenvalue weighted by atomic mass is 10.1. The molecule has 15 nitrogen and oxygen atoms in total. The number of primary amides is 1. The largest absolute Gasteiger partial charge is 0.453 e. The number of anilines is 1. The number of carbonyl (C=O) groups excluding carboxylic acids is 5. The van der Waals surface area contributed by atoms with Gasteiger partial charge in [0.05, 0.1) is 30.4 Å². The number of hydrogen-bond acceptors (Lipinski definition) is 9. The lowest BCUT2D eigenvalue weighted by molar-refractivity contribution is -0.133. The number of H-pyrrole nitrogens is 1. The zero-order valence-corrected chi connectivity index (χ0v) is 30.6. The molecule has 2 saturated heterocycles. The molecule has 0 radical (unpaired) electrons. The van der Waals surface area contributed by atoms with Crippen molar-refractivity contribution in [3.8, 4) is 11.8 Å². The fraction of sp³-hybridized carbons (Fsp3) is 0.417. The van der Waals surface area contributed by atoms with E-state index in [-0.39, 0.29) is 23.8 Å². The summed E-state index contributed by atoms with van der Waals surface area (Å²) in [4.78, 5) is 73.5. The number of nitrogens with zero attached hydrogens (tertiary/aromatic N) is 5. The molecule has 0 saturated carbocycles. The number of nitrogens with two attached hydrogens (primary N) is 1. The van der Waals surface area contributed by atoms with Crippen LogP contribution in [-0.4, -0.2) is 86.1 Å². The molecule has 2 atom stereocenters. The van der Waals surface area contributed by atoms with Gasteiger partial charge in [0.2, 0.25) is 24.1 Å². The molecule has 6 rings (SSSR count). The molecule has 52 heavy (non-hydrogen) atoms. The molecule has 2 aliphatic rings. The fourth-order valence-corrected chi connectivity index (χ4v) is 6.55. The number of fused-ring (bicyclic) bond motifs is 1. The van der Waals surface area contributed by atoms with Gasteiger partial charge in [-0.05, 0) is 49.0 Å². The summed E-state index contributed by atoms with van der Waals surface area (Å²) in [6.07, 6.45) is 9.85. The first-order chi connectivity index (χ1) is 25.0. The van der Waals surface area contributed by atoms with Crippen molar-refractivity contribution in [3.63, 3.8) is 0 Å². The number of methoxy groups -OCH3 is 1. The molecule has 0 bridgehead atoms. The smallest absolute Gasteiger partial charge is 0.407 e. The van der Waals surface area contributed by atoms with Crippen molar-refractivity contribution in [2.75, 3.05) is 32.1 Å². The van der Waals surface area contributed by atoms with Gasteiger partial charge in [-0.1, -0.05) is 55.5 Å². The standard InChI is InChI=1S/C20H22N6O2S.C14H18N2O3.C2H5NO/c1-13(2)8-18(28)26-7-3-4-16(26)19-21-9-14(23-19)5-6-15-10-25-11-17(22-12-27)24-20(25)29-15;1-19-14(18)15-12(11-7-3-2-4-8-11)13(17)16-9-5-6-10-16;1-2(3)4/h9-13,16H,3-4,7-8H2,1-2H3,(H,21,23)(H,22,27);2-4,7-8,12H,5-6,9-10H2,1H3,(H,15,18);1H3,(H2,3,4)/t16-;;/m0../s1. The number of alkyl carbamates (subject to hydrolysis) is 1. The minimum absolute atomic E-state index is 0.00516. The maximum absolute atomic E-state index is 12.5. The maximum atomic E-state index is 12.5. The number of ether oxygens (including phenoxy) is 1. The van der Waals surface area contributed by atoms with E-state index in [9.17, 15) is 24.0 Å². The Bertz CT molecular complexity index is 1850. The van der Waals surface area contributed by atoms with E-state index < -0.39 is 12.1 Å². The Morgan fingerprint density at radius 1 is 1.10 bits per heavy atom. The van der Waals surface area contributed by atoms with E-state index in [1.54, 1.807) is 17.3 Å². The average molecular weight is 732 g/mol. The highest BCUT2D eigenvalue weighted by molar-refractivity contribution is 7.17. The molecule has 1 unspecified atom stereocenters. The van der Waals surface area contributed by atoms with E-state index in [1.165, 1.54) is 25.4 Å². The molecular weight excluding hydrogens is 687 g/mol. The highest BCUT2D eigenvalue weighted by atomic mass is 32.1. The molecule has 2 fully saturated rings. The third-order valence-electron chi connectivity index (χ3n) is 8.00. The SMILES string of the molecule is CC(C)CC(=O)N1CCC[C@H]1c1ncc(C#Cc2cn3cc(NC=O)nc3s2)[nH]1.CC(N)=O.COC(=O)NC(C(=O)N1CCCC1)c1ccccc1. The number of aromatic amines is 1. The second-order valence-corrected chi connectivity index (χ2v) is 13.6. The van der Waals surface area contributed by atoms with Crippen molar-refractivity contribution >= 4 is 52.3 Å². The Morgan fingerprint density at radius 2 is 1.81 bits per heavy atom. The average Bonchev–Trinajstić information content (AvgIpc) is 3.95. The summed E-state index contributed by atoms with van der Waals surface area (Å²) in [5, 5.41) is 5.14. The first-order valence-electron chi connectivity index (χ1n) is 17.0. The van der Waals surface area contributed by atoms with Crippen LogP contribution < -0.4 is 16.4 Å². The van der Waals surface area contributed by atoms with Gasteiger partial charge in [0.25, 0.3) is 0 Å². The number of carbonyl (C=O) groups is 5. The summed E-state index contributed by atoms with van der Waals surface area (Å²) >= 11 is 1.44. The highest BCUT2D eigenvalue weighted by Gasteiger charge is 2.32. The normalized spacial score (nSPS) is 15.4. The summed E-state index contributed by atoms with van der Waals surface area (Å²) in [6, 6.07) is 8.55. The quantitative estimate of drug-likeness (QED) is 0.154. The van der Waals surface area contributed by atoms with Gasteiger partial charge in [-0.3, -0.25) is 23.6 Å². The molecule has 2 aliphatic heterocycles. The third-order valence-corrected chi connectivity index (χ3v) is 8.91. The number of hydrogen-bond donors (Lipinski definition) is 4. The van der Waals surface area contributed by atoms with Gasteiger partial charge in [-0.2, -0.15) is 0 Å². The molecule has 3 aromatic heterocycles. The summed E-state index contributed by atoms with van der Waals surface area (Å²) in [6.45, 7) is 7.72. The van der Waals surface area contributed by atoms with Crippen LogP contribution in [0.2, 0.25) is 0 Å². The number of rotatable bonds is 8. The number of nitrogens with one attached hydrogen (secondary N) is 3. The second kappa shape index (κ2) is 19.1. The van der Waals surface area contributed by atoms with Crippen LogP contribution in [-0.2, 0) is 23.9 Å². The van der Waals surface area contributed by atoms with E-state index in [0.29, 0.717) is 24.6 Å². The number of aromatic nitrogens is 4. The van der Waals surface area contributed by atoms with Crippen LogP contribution in [0, 0.1) is 17.8 Å². The van der Waals surface area contributed by atoms with Gasteiger partial charge < -0.3 is 35.9 Å². The first kappa shape index (κ1) is 39.1. The molecule has 16 heteroatoms. The van der Waals surface area contributed by atoms with Crippen molar-refractivity contribution in [3.05, 3.63) is 70.9 Å². The summed E-state index contributed by atoms with van der Waals surface area (Å²) < 4.78 is 6.42. The maximum Gasteiger partial charge on any atom is 0.407 e. The van der Waals surface area contributed by atoms with Crippen LogP contribution in [0.5, 0.6) is 0 Å². The van der Waals surface area contributed by atoms with Crippen molar-refractivity contribution in [1.82, 2.24) is 34.5 Å². The highest BCUT2D eigenvalue weighted by Crippen LogP contribution is 2.31. The van der Waals surface area contributed by atoms with Crippen LogP contribution >= 0.6 is 11.3 Å². The summed E-state index contributed by atoms with van der Waals surface area (Å²) in [5.41, 5.74) is 5.96. The number of benzene rings is 1. The van der Waals surface area contributed by atoms with Crippen molar-refractivity contribution in [2.24, 2.45) is 11.7 Å². The summed E-state index contributed by atoms with van der Waals surface area (Å²) in [7, 11) is 1.29. The van der Waals surface area contributed by atoms with E-state index in [1.807, 2.05) is 45.8 Å². The minimum atomic E-state index is -0.674. The van der Waals surface area contributed by atoms with Gasteiger partial charge in [0.15, 0.2) is 10.8 Å². The molecule has 5 heterocycles. The van der Waals surface area contributed by atoms with E-state index in [4.69, 9.17) is 0 Å². The van der Waals surface area contributed by atoms with Gasteiger partial charge in [-0.25, -0.2) is 14.8 Å². The van der Waals surface area contributed by atoms with Crippen LogP contribution in [0.25, 0.3) is 4.96 Å². The third kappa shape index (κ3) is 11.2. The Morgan fingerprint density at radius 3 is 2.44 bits per heavy atom. The monoisotopic (exact) mass is 731 g/mol. The van der Waals surface area contributed by atoms with E-state index in [2.05, 4.69) is 61.7 Å². The van der Waals surface area contributed by atoms with Gasteiger partial charge in [0, 0.05) is 39.2 Å². The Labute approximate surface area is 306 Å². The first-order valence-corrected chi connectivity index (χ1v) is 17.8. The topological polar surface area (TPSA) is 197 Å². The Kier molecular flexibility index (Phi) is 14.3. The van der Waals surface area contributed by atoms with Crippen molar-refractivity contribution in [2.45, 2.75) is 65.0 Å². The Balaban J connectivity index is 0.000000227. The molecule has 4 aromatic rings. The molecule has 0 aliphatic carbocycles.